The summed E-state index contributed by atoms with van der Waals surface area (Å²) >= 11 is 0. The number of aromatic nitrogens is 1. The SMILES string of the molecule is CC1(C)OB(c2ccc(O)c(C3CCC3)n2)OC1(C)C. The molecule has 1 aromatic rings. The molecule has 108 valence electrons. The molecule has 4 nitrogen and oxygen atoms in total. The second-order valence-electron chi connectivity index (χ2n) is 6.86. The maximum Gasteiger partial charge on any atom is 0.514 e. The average Bonchev–Trinajstić information content (AvgIpc) is 2.49. The summed E-state index contributed by atoms with van der Waals surface area (Å²) in [5, 5.41) is 9.97. The summed E-state index contributed by atoms with van der Waals surface area (Å²) in [6, 6.07) is 3.50. The first-order chi connectivity index (χ1) is 9.30. The molecule has 2 heterocycles. The zero-order chi connectivity index (χ0) is 14.5. The third kappa shape index (κ3) is 2.13. The second kappa shape index (κ2) is 4.47. The van der Waals surface area contributed by atoms with Crippen LogP contribution < -0.4 is 5.59 Å². The molecule has 0 aromatic carbocycles. The molecule has 2 aliphatic rings. The lowest BCUT2D eigenvalue weighted by Gasteiger charge is -2.32. The van der Waals surface area contributed by atoms with Crippen LogP contribution in [0, 0.1) is 0 Å². The van der Waals surface area contributed by atoms with Crippen LogP contribution in [-0.4, -0.2) is 28.4 Å². The van der Waals surface area contributed by atoms with Gasteiger partial charge >= 0.3 is 7.12 Å². The van der Waals surface area contributed by atoms with E-state index in [1.54, 1.807) is 12.1 Å². The van der Waals surface area contributed by atoms with Gasteiger partial charge in [-0.3, -0.25) is 4.98 Å². The zero-order valence-corrected chi connectivity index (χ0v) is 12.6. The van der Waals surface area contributed by atoms with Crippen molar-refractivity contribution in [2.45, 2.75) is 64.1 Å². The largest absolute Gasteiger partial charge is 0.514 e. The predicted octanol–water partition coefficient (Wildman–Crippen LogP) is 2.35. The molecule has 5 heteroatoms. The first-order valence-electron chi connectivity index (χ1n) is 7.36. The van der Waals surface area contributed by atoms with E-state index < -0.39 is 7.12 Å². The molecular weight excluding hydrogens is 253 g/mol. The Bertz CT molecular complexity index is 510. The summed E-state index contributed by atoms with van der Waals surface area (Å²) in [6.07, 6.45) is 3.42. The van der Waals surface area contributed by atoms with E-state index in [9.17, 15) is 5.11 Å². The van der Waals surface area contributed by atoms with Gasteiger partial charge in [0.25, 0.3) is 0 Å². The molecular formula is C15H22BNO3. The Morgan fingerprint density at radius 2 is 1.75 bits per heavy atom. The smallest absolute Gasteiger partial charge is 0.506 e. The number of hydrogen-bond donors (Lipinski definition) is 1. The number of pyridine rings is 1. The van der Waals surface area contributed by atoms with E-state index in [-0.39, 0.29) is 17.0 Å². The van der Waals surface area contributed by atoms with Gasteiger partial charge in [0.05, 0.1) is 22.5 Å². The molecule has 1 aliphatic carbocycles. The van der Waals surface area contributed by atoms with E-state index in [1.807, 2.05) is 27.7 Å². The lowest BCUT2D eigenvalue weighted by molar-refractivity contribution is 0.00578. The van der Waals surface area contributed by atoms with Gasteiger partial charge in [0.15, 0.2) is 0 Å². The topological polar surface area (TPSA) is 51.6 Å². The van der Waals surface area contributed by atoms with Gasteiger partial charge in [0.1, 0.15) is 5.75 Å². The molecule has 0 amide bonds. The maximum atomic E-state index is 9.97. The summed E-state index contributed by atoms with van der Waals surface area (Å²) in [7, 11) is -0.459. The van der Waals surface area contributed by atoms with Gasteiger partial charge in [-0.05, 0) is 52.7 Å². The molecule has 3 rings (SSSR count). The average molecular weight is 275 g/mol. The number of nitrogens with zero attached hydrogens (tertiary/aromatic N) is 1. The Balaban J connectivity index is 1.88. The van der Waals surface area contributed by atoms with E-state index in [2.05, 4.69) is 4.98 Å². The molecule has 0 unspecified atom stereocenters. The molecule has 1 saturated heterocycles. The first kappa shape index (κ1) is 13.9. The Hall–Kier alpha value is -1.07. The monoisotopic (exact) mass is 275 g/mol. The van der Waals surface area contributed by atoms with Crippen molar-refractivity contribution in [2.24, 2.45) is 0 Å². The Morgan fingerprint density at radius 1 is 1.15 bits per heavy atom. The molecule has 1 N–H and O–H groups in total. The fraction of sp³-hybridized carbons (Fsp3) is 0.667. The van der Waals surface area contributed by atoms with E-state index in [0.29, 0.717) is 5.92 Å². The molecule has 2 fully saturated rings. The van der Waals surface area contributed by atoms with Crippen molar-refractivity contribution >= 4 is 12.7 Å². The summed E-state index contributed by atoms with van der Waals surface area (Å²) in [4.78, 5) is 4.61. The van der Waals surface area contributed by atoms with Crippen LogP contribution in [0.3, 0.4) is 0 Å². The minimum Gasteiger partial charge on any atom is -0.506 e. The van der Waals surface area contributed by atoms with Crippen LogP contribution in [0.4, 0.5) is 0 Å². The maximum absolute atomic E-state index is 9.97. The van der Waals surface area contributed by atoms with Gasteiger partial charge in [0.2, 0.25) is 0 Å². The van der Waals surface area contributed by atoms with Crippen molar-refractivity contribution in [1.82, 2.24) is 4.98 Å². The highest BCUT2D eigenvalue weighted by molar-refractivity contribution is 6.61. The number of hydrogen-bond acceptors (Lipinski definition) is 4. The molecule has 20 heavy (non-hydrogen) atoms. The molecule has 1 aliphatic heterocycles. The summed E-state index contributed by atoms with van der Waals surface area (Å²) in [6.45, 7) is 8.11. The van der Waals surface area contributed by atoms with Crippen molar-refractivity contribution in [3.05, 3.63) is 17.8 Å². The van der Waals surface area contributed by atoms with Crippen LogP contribution in [0.1, 0.15) is 58.6 Å². The molecule has 0 bridgehead atoms. The van der Waals surface area contributed by atoms with Crippen molar-refractivity contribution in [3.63, 3.8) is 0 Å². The molecule has 1 saturated carbocycles. The minimum atomic E-state index is -0.459. The van der Waals surface area contributed by atoms with E-state index in [4.69, 9.17) is 9.31 Å². The second-order valence-corrected chi connectivity index (χ2v) is 6.86. The first-order valence-corrected chi connectivity index (χ1v) is 7.36. The lowest BCUT2D eigenvalue weighted by atomic mass is 9.80. The van der Waals surface area contributed by atoms with Gasteiger partial charge in [-0.15, -0.1) is 0 Å². The van der Waals surface area contributed by atoms with E-state index in [0.717, 1.165) is 24.1 Å². The fourth-order valence-corrected chi connectivity index (χ4v) is 2.56. The molecule has 1 aromatic heterocycles. The molecule has 0 spiro atoms. The van der Waals surface area contributed by atoms with Gasteiger partial charge in [-0.25, -0.2) is 0 Å². The Morgan fingerprint density at radius 3 is 2.25 bits per heavy atom. The third-order valence-electron chi connectivity index (χ3n) is 4.91. The third-order valence-corrected chi connectivity index (χ3v) is 4.91. The fourth-order valence-electron chi connectivity index (χ4n) is 2.56. The predicted molar refractivity (Wildman–Crippen MR) is 78.2 cm³/mol. The van der Waals surface area contributed by atoms with Gasteiger partial charge in [0, 0.05) is 5.92 Å². The van der Waals surface area contributed by atoms with Gasteiger partial charge < -0.3 is 14.4 Å². The quantitative estimate of drug-likeness (QED) is 0.842. The van der Waals surface area contributed by atoms with Crippen LogP contribution in [0.15, 0.2) is 12.1 Å². The van der Waals surface area contributed by atoms with E-state index >= 15 is 0 Å². The van der Waals surface area contributed by atoms with Crippen LogP contribution in [0.2, 0.25) is 0 Å². The van der Waals surface area contributed by atoms with Crippen LogP contribution in [0.25, 0.3) is 0 Å². The highest BCUT2D eigenvalue weighted by Crippen LogP contribution is 2.39. The Kier molecular flexibility index (Phi) is 3.10. The summed E-state index contributed by atoms with van der Waals surface area (Å²) < 4.78 is 12.0. The lowest BCUT2D eigenvalue weighted by Crippen LogP contribution is -2.41. The highest BCUT2D eigenvalue weighted by atomic mass is 16.7. The normalized spacial score (nSPS) is 24.7. The van der Waals surface area contributed by atoms with Gasteiger partial charge in [-0.2, -0.15) is 0 Å². The molecule has 0 atom stereocenters. The number of rotatable bonds is 2. The van der Waals surface area contributed by atoms with Crippen LogP contribution in [0.5, 0.6) is 5.75 Å². The standard InChI is InChI=1S/C15H22BNO3/c1-14(2)15(3,4)20-16(19-14)12-9-8-11(18)13(17-12)10-6-5-7-10/h8-10,18H,5-7H2,1-4H3. The van der Waals surface area contributed by atoms with Crippen LogP contribution >= 0.6 is 0 Å². The number of aromatic hydroxyl groups is 1. The van der Waals surface area contributed by atoms with Crippen molar-refractivity contribution in [3.8, 4) is 5.75 Å². The minimum absolute atomic E-state index is 0.287. The molecule has 0 radical (unpaired) electrons. The zero-order valence-electron chi connectivity index (χ0n) is 12.6. The van der Waals surface area contributed by atoms with Crippen molar-refractivity contribution in [2.75, 3.05) is 0 Å². The van der Waals surface area contributed by atoms with Crippen molar-refractivity contribution in [1.29, 1.82) is 0 Å². The Labute approximate surface area is 120 Å². The van der Waals surface area contributed by atoms with E-state index in [1.165, 1.54) is 6.42 Å². The summed E-state index contributed by atoms with van der Waals surface area (Å²) in [5.41, 5.74) is 0.814. The van der Waals surface area contributed by atoms with Crippen LogP contribution in [-0.2, 0) is 9.31 Å². The summed E-state index contributed by atoms with van der Waals surface area (Å²) in [5.74, 6) is 0.673. The van der Waals surface area contributed by atoms with Gasteiger partial charge in [-0.1, -0.05) is 6.42 Å². The highest BCUT2D eigenvalue weighted by Gasteiger charge is 2.52. The van der Waals surface area contributed by atoms with Crippen molar-refractivity contribution < 1.29 is 14.4 Å².